The summed E-state index contributed by atoms with van der Waals surface area (Å²) in [5.41, 5.74) is 4.89. The van der Waals surface area contributed by atoms with Gasteiger partial charge in [-0.25, -0.2) is 19.2 Å². The molecular weight excluding hydrogens is 1120 g/mol. The molecule has 0 spiro atoms. The summed E-state index contributed by atoms with van der Waals surface area (Å²) in [7, 11) is 4.38. The number of primary amides is 1. The average molecular weight is 1190 g/mol. The van der Waals surface area contributed by atoms with Crippen molar-refractivity contribution in [1.82, 2.24) is 26.3 Å². The predicted octanol–water partition coefficient (Wildman–Crippen LogP) is 4.86. The van der Waals surface area contributed by atoms with E-state index in [9.17, 15) is 53.1 Å². The molecule has 0 aromatic heterocycles. The Morgan fingerprint density at radius 3 is 2.30 bits per heavy atom. The number of nitrogens with zero attached hydrogens (tertiary/aromatic N) is 2. The summed E-state index contributed by atoms with van der Waals surface area (Å²) >= 11 is 6.83. The Hall–Kier alpha value is -7.81. The Bertz CT molecular complexity index is 2900. The molecular formula is C57H76ClN9O17. The number of hydroxylamine groups is 2. The number of hydrogen-bond acceptors (Lipinski definition) is 17. The van der Waals surface area contributed by atoms with Crippen LogP contribution in [0, 0.1) is 18.8 Å². The van der Waals surface area contributed by atoms with E-state index in [1.165, 1.54) is 38.3 Å². The number of benzene rings is 2. The van der Waals surface area contributed by atoms with Crippen molar-refractivity contribution in [3.63, 3.8) is 0 Å². The Morgan fingerprint density at radius 2 is 1.64 bits per heavy atom. The van der Waals surface area contributed by atoms with Gasteiger partial charge < -0.3 is 65.5 Å². The molecule has 0 saturated carbocycles. The number of carbonyl (C=O) groups excluding carboxylic acids is 10. The minimum absolute atomic E-state index is 0.0234. The monoisotopic (exact) mass is 1190 g/mol. The number of rotatable bonds is 20. The van der Waals surface area contributed by atoms with Crippen molar-refractivity contribution in [2.75, 3.05) is 43.3 Å². The SMILES string of the molecule is COc1cc2cc(c1Cl)N(C)C(=O)C[C@H](OC(=O)Nc1ccc(NC(=O)[C@H](CCCNC(N)=O)NC(=O)[C@@H](NC(=O)CCCCC(=O)ON3C(=O)CCC3=O)C(C)C)cc1C)[C@]1(C)O[C@H]1[C@H](C)[C@@H]1C[C@@](O)(NC(=O)O1)[C@H](OC)/C=C/C=C(\C)C2. The van der Waals surface area contributed by atoms with E-state index in [1.54, 1.807) is 65.0 Å². The maximum atomic E-state index is 14.4. The van der Waals surface area contributed by atoms with Crippen molar-refractivity contribution in [2.24, 2.45) is 17.6 Å². The number of amides is 10. The normalized spacial score (nSPS) is 25.1. The van der Waals surface area contributed by atoms with Crippen molar-refractivity contribution in [3.8, 4) is 5.75 Å². The van der Waals surface area contributed by atoms with E-state index in [1.807, 2.05) is 13.0 Å². The number of aliphatic hydroxyl groups is 1. The van der Waals surface area contributed by atoms with E-state index in [-0.39, 0.29) is 80.7 Å². The second-order valence-electron chi connectivity index (χ2n) is 21.9. The molecule has 3 saturated heterocycles. The Balaban J connectivity index is 1.15. The first-order chi connectivity index (χ1) is 39.7. The average Bonchev–Trinajstić information content (AvgIpc) is 1.70. The van der Waals surface area contributed by atoms with Crippen LogP contribution in [0.25, 0.3) is 0 Å². The summed E-state index contributed by atoms with van der Waals surface area (Å²) in [4.78, 5) is 136. The number of ether oxygens (including phenoxy) is 5. The molecule has 10 amide bonds. The van der Waals surface area contributed by atoms with Crippen LogP contribution in [0.3, 0.4) is 0 Å². The number of nitrogens with one attached hydrogen (secondary N) is 6. The Morgan fingerprint density at radius 1 is 0.940 bits per heavy atom. The molecule has 9 atom stereocenters. The van der Waals surface area contributed by atoms with Gasteiger partial charge in [-0.2, -0.15) is 0 Å². The number of alkyl carbamates (subject to hydrolysis) is 1. The molecule has 26 nitrogen and oxygen atoms in total. The molecule has 6 rings (SSSR count). The van der Waals surface area contributed by atoms with Crippen molar-refractivity contribution >= 4 is 88.3 Å². The number of halogens is 1. The lowest BCUT2D eigenvalue weighted by molar-refractivity contribution is -0.197. The number of fused-ring (bicyclic) bond motifs is 5. The first-order valence-corrected chi connectivity index (χ1v) is 28.0. The van der Waals surface area contributed by atoms with Crippen LogP contribution in [0.5, 0.6) is 5.75 Å². The second kappa shape index (κ2) is 28.6. The summed E-state index contributed by atoms with van der Waals surface area (Å²) in [6.45, 7) is 10.4. The van der Waals surface area contributed by atoms with Gasteiger partial charge in [0.15, 0.2) is 5.72 Å². The number of epoxide rings is 1. The zero-order valence-electron chi connectivity index (χ0n) is 48.6. The van der Waals surface area contributed by atoms with Crippen LogP contribution in [0.15, 0.2) is 54.1 Å². The quantitative estimate of drug-likeness (QED) is 0.0498. The smallest absolute Gasteiger partial charge is 0.412 e. The maximum absolute atomic E-state index is 14.4. The standard InChI is InChI=1S/C57H76ClN9O17/c1-30(2)49(64-43(68)17-10-11-18-47(72)84-67-44(69)21-22-45(67)70)52(74)62-37(15-13-23-60-53(59)75)51(73)61-35-19-20-36(32(4)25-35)63-54(76)82-42-28-46(71)66(7)38-26-34(27-39(79-8)48(38)58)24-31(3)14-12-16-41(80-9)57(78)29-40(81-55(77)65-57)33(5)50-56(42,6)83-50/h12,14,16,19-20,25-27,30,33,37,40-42,49-50,78H,10-11,13,15,17-18,21-24,28-29H2,1-9H3,(H,61,73)(H,62,74)(H,63,76)(H,64,68)(H,65,77)(H3,59,60,75)/b16-12+,31-14+/t33-,37+,40+,41-,42+,49+,50+,56+,57+/m1/s1. The fourth-order valence-electron chi connectivity index (χ4n) is 10.2. The summed E-state index contributed by atoms with van der Waals surface area (Å²) in [6.07, 6.45) is -0.587. The van der Waals surface area contributed by atoms with Crippen LogP contribution in [-0.2, 0) is 63.8 Å². The van der Waals surface area contributed by atoms with Crippen LogP contribution in [0.4, 0.5) is 31.4 Å². The lowest BCUT2D eigenvalue weighted by Gasteiger charge is -2.42. The first-order valence-electron chi connectivity index (χ1n) is 27.6. The number of anilines is 3. The third-order valence-corrected chi connectivity index (χ3v) is 15.4. The van der Waals surface area contributed by atoms with E-state index < -0.39 is 126 Å². The molecule has 3 fully saturated rings. The number of urea groups is 1. The van der Waals surface area contributed by atoms with Crippen LogP contribution in [-0.4, -0.2) is 145 Å². The topological polar surface area (TPSA) is 354 Å². The molecule has 458 valence electrons. The van der Waals surface area contributed by atoms with Gasteiger partial charge in [0.25, 0.3) is 11.8 Å². The number of imide groups is 1. The van der Waals surface area contributed by atoms with Crippen molar-refractivity contribution < 1.29 is 81.6 Å². The minimum atomic E-state index is -1.91. The molecule has 2 aromatic carbocycles. The van der Waals surface area contributed by atoms with E-state index >= 15 is 0 Å². The van der Waals surface area contributed by atoms with Crippen molar-refractivity contribution in [3.05, 3.63) is 70.3 Å². The van der Waals surface area contributed by atoms with E-state index in [4.69, 9.17) is 45.9 Å². The largest absolute Gasteiger partial charge is 0.495 e. The highest BCUT2D eigenvalue weighted by Gasteiger charge is 2.64. The Kier molecular flexibility index (Phi) is 22.3. The molecule has 4 heterocycles. The van der Waals surface area contributed by atoms with Gasteiger partial charge in [-0.15, -0.1) is 5.06 Å². The van der Waals surface area contributed by atoms with Gasteiger partial charge >= 0.3 is 24.2 Å². The first kappa shape index (κ1) is 65.3. The van der Waals surface area contributed by atoms with Gasteiger partial charge in [0.1, 0.15) is 46.8 Å². The van der Waals surface area contributed by atoms with Crippen molar-refractivity contribution in [1.29, 1.82) is 0 Å². The van der Waals surface area contributed by atoms with Gasteiger partial charge in [0.2, 0.25) is 23.6 Å². The number of hydrogen-bond donors (Lipinski definition) is 8. The second-order valence-corrected chi connectivity index (χ2v) is 22.2. The van der Waals surface area contributed by atoms with E-state index in [0.717, 1.165) is 11.1 Å². The minimum Gasteiger partial charge on any atom is -0.495 e. The number of nitrogens with two attached hydrogens (primary N) is 1. The van der Waals surface area contributed by atoms with Crippen LogP contribution in [0.2, 0.25) is 5.02 Å². The lowest BCUT2D eigenvalue weighted by atomic mass is 9.83. The molecule has 4 aliphatic rings. The highest BCUT2D eigenvalue weighted by molar-refractivity contribution is 6.35. The van der Waals surface area contributed by atoms with Gasteiger partial charge in [0, 0.05) is 70.1 Å². The molecule has 9 N–H and O–H groups in total. The van der Waals surface area contributed by atoms with Crippen LogP contribution in [0.1, 0.15) is 110 Å². The zero-order valence-corrected chi connectivity index (χ0v) is 49.3. The third-order valence-electron chi connectivity index (χ3n) is 15.0. The number of allylic oxidation sites excluding steroid dienone is 3. The molecule has 2 aromatic rings. The highest BCUT2D eigenvalue weighted by atomic mass is 35.5. The molecule has 0 unspecified atom stereocenters. The van der Waals surface area contributed by atoms with Gasteiger partial charge in [-0.05, 0) is 100 Å². The van der Waals surface area contributed by atoms with Crippen molar-refractivity contribution in [2.45, 2.75) is 160 Å². The molecule has 84 heavy (non-hydrogen) atoms. The number of unbranched alkanes of at least 4 members (excludes halogenated alkanes) is 1. The fourth-order valence-corrected chi connectivity index (χ4v) is 10.5. The number of methoxy groups -OCH3 is 2. The van der Waals surface area contributed by atoms with Gasteiger partial charge in [0.05, 0.1) is 25.3 Å². The van der Waals surface area contributed by atoms with Crippen LogP contribution < -0.4 is 47.3 Å². The molecule has 0 aliphatic carbocycles. The lowest BCUT2D eigenvalue weighted by Crippen LogP contribution is -2.63. The van der Waals surface area contributed by atoms with Crippen LogP contribution >= 0.6 is 11.6 Å². The third kappa shape index (κ3) is 16.9. The highest BCUT2D eigenvalue weighted by Crippen LogP contribution is 2.49. The molecule has 0 radical (unpaired) electrons. The Labute approximate surface area is 491 Å². The van der Waals surface area contributed by atoms with E-state index in [0.29, 0.717) is 28.5 Å². The van der Waals surface area contributed by atoms with Gasteiger partial charge in [-0.3, -0.25) is 39.4 Å². The van der Waals surface area contributed by atoms with Gasteiger partial charge in [-0.1, -0.05) is 56.2 Å². The number of aryl methyl sites for hydroxylation is 1. The predicted molar refractivity (Wildman–Crippen MR) is 304 cm³/mol. The molecule has 4 aliphatic heterocycles. The molecule has 4 bridgehead atoms. The summed E-state index contributed by atoms with van der Waals surface area (Å²) < 4.78 is 29.4. The number of carbonyl (C=O) groups is 10. The molecule has 27 heteroatoms. The fraction of sp³-hybridized carbons (Fsp3) is 0.544. The van der Waals surface area contributed by atoms with E-state index in [2.05, 4.69) is 31.9 Å². The summed E-state index contributed by atoms with van der Waals surface area (Å²) in [5.74, 6) is -5.16. The zero-order chi connectivity index (χ0) is 61.8. The summed E-state index contributed by atoms with van der Waals surface area (Å²) in [5, 5.41) is 28.4. The summed E-state index contributed by atoms with van der Waals surface area (Å²) in [6, 6.07) is 4.97. The maximum Gasteiger partial charge on any atom is 0.412 e.